The fraction of sp³-hybridized carbons (Fsp3) is 0.481. The minimum absolute atomic E-state index is 0.0344. The molecule has 0 bridgehead atoms. The lowest BCUT2D eigenvalue weighted by atomic mass is 9.79. The molecule has 1 aliphatic rings. The van der Waals surface area contributed by atoms with Crippen molar-refractivity contribution in [3.63, 3.8) is 0 Å². The molecule has 1 fully saturated rings. The van der Waals surface area contributed by atoms with Crippen LogP contribution in [0, 0.1) is 6.92 Å². The zero-order valence-electron chi connectivity index (χ0n) is 20.0. The lowest BCUT2D eigenvalue weighted by Gasteiger charge is -2.38. The largest absolute Gasteiger partial charge is 0.375 e. The number of benzene rings is 1. The number of aryl methyl sites for hydroxylation is 1. The van der Waals surface area contributed by atoms with Crippen LogP contribution in [0.15, 0.2) is 43.1 Å². The van der Waals surface area contributed by atoms with Crippen LogP contribution in [0.3, 0.4) is 0 Å². The average Bonchev–Trinajstić information content (AvgIpc) is 2.79. The monoisotopic (exact) mass is 437 g/mol. The maximum atomic E-state index is 8.58. The van der Waals surface area contributed by atoms with E-state index in [2.05, 4.69) is 66.8 Å². The summed E-state index contributed by atoms with van der Waals surface area (Å²) in [5.74, 6) is 0. The number of hydrogen-bond acceptors (Lipinski definition) is 4. The molecule has 0 unspecified atom stereocenters. The number of ether oxygens (including phenoxy) is 1. The Bertz CT molecular complexity index is 850. The molecule has 1 heterocycles. The van der Waals surface area contributed by atoms with Gasteiger partial charge >= 0.3 is 0 Å². The number of nitrogens with two attached hydrogens (primary N) is 1. The molecule has 1 aromatic carbocycles. The third-order valence-corrected chi connectivity index (χ3v) is 6.02. The summed E-state index contributed by atoms with van der Waals surface area (Å²) in [6.45, 7) is 10.4. The molecular weight excluding hydrogens is 398 g/mol. The van der Waals surface area contributed by atoms with E-state index in [4.69, 9.17) is 9.53 Å². The normalized spacial score (nSPS) is 14.8. The van der Waals surface area contributed by atoms with Crippen LogP contribution in [0.5, 0.6) is 0 Å². The van der Waals surface area contributed by atoms with Gasteiger partial charge in [-0.25, -0.2) is 0 Å². The second kappa shape index (κ2) is 13.1. The van der Waals surface area contributed by atoms with Gasteiger partial charge < -0.3 is 15.8 Å². The van der Waals surface area contributed by atoms with Crippen LogP contribution in [-0.4, -0.2) is 37.2 Å². The molecule has 5 nitrogen and oxygen atoms in total. The standard InChI is InChI=1S/C26H36N2O.CH3NO/c1-5-29-26(12-7-6-8-13-26)18-21(3)23-15-22(11-14-27-4)16-24(17-23)25-10-9-20(2)19-28-25;2-1-3/h9-10,15-17,19,27H,3,5-8,11-14,18H2,1-2,4H3;1H,(H2,2,3). The Hall–Kier alpha value is -2.50. The fourth-order valence-electron chi connectivity index (χ4n) is 4.46. The van der Waals surface area contributed by atoms with Crippen LogP contribution in [0.25, 0.3) is 16.8 Å². The molecule has 5 heteroatoms. The van der Waals surface area contributed by atoms with Gasteiger partial charge in [-0.3, -0.25) is 9.78 Å². The van der Waals surface area contributed by atoms with Crippen molar-refractivity contribution < 1.29 is 9.53 Å². The van der Waals surface area contributed by atoms with E-state index in [0.29, 0.717) is 0 Å². The minimum atomic E-state index is -0.0344. The topological polar surface area (TPSA) is 77.2 Å². The summed E-state index contributed by atoms with van der Waals surface area (Å²) in [5, 5.41) is 3.26. The van der Waals surface area contributed by atoms with Gasteiger partial charge in [0.2, 0.25) is 6.41 Å². The number of primary amides is 1. The van der Waals surface area contributed by atoms with E-state index in [9.17, 15) is 0 Å². The second-order valence-electron chi connectivity index (χ2n) is 8.59. The van der Waals surface area contributed by atoms with Crippen molar-refractivity contribution >= 4 is 12.0 Å². The number of hydrogen-bond donors (Lipinski definition) is 2. The van der Waals surface area contributed by atoms with E-state index >= 15 is 0 Å². The highest BCUT2D eigenvalue weighted by molar-refractivity contribution is 5.72. The molecule has 0 saturated heterocycles. The third kappa shape index (κ3) is 7.57. The van der Waals surface area contributed by atoms with Crippen LogP contribution in [0.1, 0.15) is 62.1 Å². The lowest BCUT2D eigenvalue weighted by molar-refractivity contribution is -0.106. The first kappa shape index (κ1) is 25.8. The molecule has 3 rings (SSSR count). The zero-order chi connectivity index (χ0) is 23.4. The SMILES string of the molecule is C=C(CC1(OCC)CCCCC1)c1cc(CCNC)cc(-c2ccc(C)cn2)c1.NC=O. The Morgan fingerprint density at radius 3 is 2.56 bits per heavy atom. The van der Waals surface area contributed by atoms with Crippen LogP contribution < -0.4 is 11.1 Å². The first-order chi connectivity index (χ1) is 15.5. The molecule has 1 saturated carbocycles. The summed E-state index contributed by atoms with van der Waals surface area (Å²) in [5.41, 5.74) is 11.2. The Morgan fingerprint density at radius 2 is 1.97 bits per heavy atom. The minimum Gasteiger partial charge on any atom is -0.375 e. The number of pyridine rings is 1. The molecule has 0 atom stereocenters. The smallest absolute Gasteiger partial charge is 0.204 e. The lowest BCUT2D eigenvalue weighted by Crippen LogP contribution is -2.35. The van der Waals surface area contributed by atoms with Gasteiger partial charge in [0.25, 0.3) is 0 Å². The van der Waals surface area contributed by atoms with Crippen molar-refractivity contribution in [1.82, 2.24) is 10.3 Å². The van der Waals surface area contributed by atoms with Gasteiger partial charge in [0, 0.05) is 24.8 Å². The first-order valence-corrected chi connectivity index (χ1v) is 11.7. The van der Waals surface area contributed by atoms with Crippen molar-refractivity contribution in [2.45, 2.75) is 64.4 Å². The van der Waals surface area contributed by atoms with Gasteiger partial charge in [-0.05, 0) is 87.2 Å². The van der Waals surface area contributed by atoms with Gasteiger partial charge in [-0.1, -0.05) is 38.0 Å². The maximum absolute atomic E-state index is 8.58. The Morgan fingerprint density at radius 1 is 1.25 bits per heavy atom. The van der Waals surface area contributed by atoms with Crippen molar-refractivity contribution in [3.05, 3.63) is 59.8 Å². The molecule has 0 radical (unpaired) electrons. The predicted molar refractivity (Wildman–Crippen MR) is 133 cm³/mol. The average molecular weight is 438 g/mol. The highest BCUT2D eigenvalue weighted by Gasteiger charge is 2.33. The highest BCUT2D eigenvalue weighted by Crippen LogP contribution is 2.39. The van der Waals surface area contributed by atoms with E-state index < -0.39 is 0 Å². The second-order valence-corrected chi connectivity index (χ2v) is 8.59. The number of aromatic nitrogens is 1. The molecule has 0 spiro atoms. The number of nitrogens with one attached hydrogen (secondary N) is 1. The maximum Gasteiger partial charge on any atom is 0.204 e. The number of carbonyl (C=O) groups is 1. The summed E-state index contributed by atoms with van der Waals surface area (Å²) in [6.07, 6.45) is 10.2. The summed E-state index contributed by atoms with van der Waals surface area (Å²) in [4.78, 5) is 13.2. The van der Waals surface area contributed by atoms with Gasteiger partial charge in [-0.15, -0.1) is 0 Å². The van der Waals surface area contributed by atoms with Gasteiger partial charge in [-0.2, -0.15) is 0 Å². The van der Waals surface area contributed by atoms with Crippen LogP contribution >= 0.6 is 0 Å². The molecule has 1 aliphatic carbocycles. The van der Waals surface area contributed by atoms with E-state index in [1.165, 1.54) is 47.1 Å². The summed E-state index contributed by atoms with van der Waals surface area (Å²) in [7, 11) is 2.00. The van der Waals surface area contributed by atoms with Gasteiger partial charge in [0.1, 0.15) is 0 Å². The Labute approximate surface area is 193 Å². The summed E-state index contributed by atoms with van der Waals surface area (Å²) < 4.78 is 6.30. The Balaban J connectivity index is 0.00000114. The predicted octanol–water partition coefficient (Wildman–Crippen LogP) is 5.06. The molecule has 32 heavy (non-hydrogen) atoms. The molecule has 1 amide bonds. The molecular formula is C27H39N3O2. The molecule has 2 aromatic rings. The fourth-order valence-corrected chi connectivity index (χ4v) is 4.46. The van der Waals surface area contributed by atoms with Crippen molar-refractivity contribution in [2.24, 2.45) is 5.73 Å². The number of rotatable bonds is 9. The zero-order valence-corrected chi connectivity index (χ0v) is 20.0. The Kier molecular flexibility index (Phi) is 10.6. The van der Waals surface area contributed by atoms with E-state index in [1.54, 1.807) is 0 Å². The van der Waals surface area contributed by atoms with E-state index in [1.807, 2.05) is 13.2 Å². The highest BCUT2D eigenvalue weighted by atomic mass is 16.5. The molecule has 174 valence electrons. The number of nitrogens with zero attached hydrogens (tertiary/aromatic N) is 1. The summed E-state index contributed by atoms with van der Waals surface area (Å²) >= 11 is 0. The van der Waals surface area contributed by atoms with Crippen LogP contribution in [-0.2, 0) is 16.0 Å². The molecule has 3 N–H and O–H groups in total. The number of amides is 1. The third-order valence-electron chi connectivity index (χ3n) is 6.02. The first-order valence-electron chi connectivity index (χ1n) is 11.7. The summed E-state index contributed by atoms with van der Waals surface area (Å²) in [6, 6.07) is 11.1. The molecule has 1 aromatic heterocycles. The van der Waals surface area contributed by atoms with E-state index in [0.717, 1.165) is 44.5 Å². The van der Waals surface area contributed by atoms with Gasteiger partial charge in [0.15, 0.2) is 0 Å². The molecule has 0 aliphatic heterocycles. The van der Waals surface area contributed by atoms with Crippen molar-refractivity contribution in [1.29, 1.82) is 0 Å². The van der Waals surface area contributed by atoms with Crippen molar-refractivity contribution in [3.8, 4) is 11.3 Å². The van der Waals surface area contributed by atoms with E-state index in [-0.39, 0.29) is 12.0 Å². The number of carbonyl (C=O) groups excluding carboxylic acids is 1. The van der Waals surface area contributed by atoms with Gasteiger partial charge in [0.05, 0.1) is 11.3 Å². The van der Waals surface area contributed by atoms with Crippen LogP contribution in [0.4, 0.5) is 0 Å². The quantitative estimate of drug-likeness (QED) is 0.537. The van der Waals surface area contributed by atoms with Crippen molar-refractivity contribution in [2.75, 3.05) is 20.2 Å². The number of likely N-dealkylation sites (N-methyl/N-ethyl adjacent to an activating group) is 1. The van der Waals surface area contributed by atoms with Crippen LogP contribution in [0.2, 0.25) is 0 Å².